The van der Waals surface area contributed by atoms with Crippen LogP contribution in [0.3, 0.4) is 0 Å². The molecule has 1 aliphatic heterocycles. The van der Waals surface area contributed by atoms with E-state index < -0.39 is 0 Å². The first-order valence-electron chi connectivity index (χ1n) is 8.63. The predicted octanol–water partition coefficient (Wildman–Crippen LogP) is 4.97. The molecular formula is C22H18N2O2S. The van der Waals surface area contributed by atoms with Gasteiger partial charge in [-0.05, 0) is 36.8 Å². The van der Waals surface area contributed by atoms with Gasteiger partial charge in [0.05, 0.1) is 6.26 Å². The van der Waals surface area contributed by atoms with Gasteiger partial charge in [-0.15, -0.1) is 11.3 Å². The maximum Gasteiger partial charge on any atom is 0.257 e. The minimum Gasteiger partial charge on any atom is -0.464 e. The lowest BCUT2D eigenvalue weighted by molar-refractivity contribution is -0.112. The quantitative estimate of drug-likeness (QED) is 0.701. The number of anilines is 1. The Morgan fingerprint density at radius 3 is 2.89 bits per heavy atom. The maximum atomic E-state index is 12.7. The van der Waals surface area contributed by atoms with Gasteiger partial charge in [0, 0.05) is 28.6 Å². The summed E-state index contributed by atoms with van der Waals surface area (Å²) in [5, 5.41) is 3.48. The van der Waals surface area contributed by atoms with Crippen molar-refractivity contribution in [1.29, 1.82) is 0 Å². The van der Waals surface area contributed by atoms with Gasteiger partial charge in [0.25, 0.3) is 5.91 Å². The Hall–Kier alpha value is -3.18. The molecule has 0 atom stereocenters. The molecule has 0 fully saturated rings. The van der Waals surface area contributed by atoms with Crippen LogP contribution in [0.4, 0.5) is 5.13 Å². The zero-order valence-electron chi connectivity index (χ0n) is 14.8. The fourth-order valence-corrected chi connectivity index (χ4v) is 3.68. The van der Waals surface area contributed by atoms with Crippen LogP contribution in [0.25, 0.3) is 6.08 Å². The van der Waals surface area contributed by atoms with Crippen molar-refractivity contribution < 1.29 is 9.53 Å². The number of carbonyl (C=O) groups is 1. The first-order chi connectivity index (χ1) is 13.2. The van der Waals surface area contributed by atoms with Gasteiger partial charge in [-0.25, -0.2) is 4.98 Å². The number of aromatic nitrogens is 1. The lowest BCUT2D eigenvalue weighted by atomic mass is 10.1. The van der Waals surface area contributed by atoms with Crippen LogP contribution in [0, 0.1) is 6.92 Å². The van der Waals surface area contributed by atoms with Crippen LogP contribution in [0.15, 0.2) is 72.6 Å². The summed E-state index contributed by atoms with van der Waals surface area (Å²) in [6.45, 7) is 2.01. The van der Waals surface area contributed by atoms with Crippen LogP contribution in [0.1, 0.15) is 21.6 Å². The largest absolute Gasteiger partial charge is 0.464 e. The van der Waals surface area contributed by atoms with Crippen LogP contribution in [-0.2, 0) is 11.2 Å². The first kappa shape index (κ1) is 17.2. The number of hydrogen-bond donors (Lipinski definition) is 1. The molecule has 1 aromatic heterocycles. The Balaban J connectivity index is 1.49. The number of thiazole rings is 1. The first-order valence-corrected chi connectivity index (χ1v) is 9.44. The lowest BCUT2D eigenvalue weighted by Gasteiger charge is -2.04. The summed E-state index contributed by atoms with van der Waals surface area (Å²) in [6.07, 6.45) is 7.65. The molecule has 0 saturated heterocycles. The van der Waals surface area contributed by atoms with E-state index in [1.54, 1.807) is 6.08 Å². The van der Waals surface area contributed by atoms with E-state index in [0.717, 1.165) is 28.2 Å². The summed E-state index contributed by atoms with van der Waals surface area (Å²) < 4.78 is 5.58. The van der Waals surface area contributed by atoms with E-state index in [2.05, 4.69) is 22.4 Å². The number of ether oxygens (including phenoxy) is 1. The van der Waals surface area contributed by atoms with Crippen molar-refractivity contribution in [2.75, 3.05) is 5.32 Å². The molecule has 134 valence electrons. The number of nitrogens with zero attached hydrogens (tertiary/aromatic N) is 1. The second kappa shape index (κ2) is 7.60. The number of fused-ring (bicyclic) bond motifs is 1. The minimum atomic E-state index is -0.204. The summed E-state index contributed by atoms with van der Waals surface area (Å²) in [6, 6.07) is 16.1. The van der Waals surface area contributed by atoms with E-state index in [0.29, 0.717) is 10.7 Å². The number of carbonyl (C=O) groups excluding carboxylic acids is 1. The second-order valence-corrected chi connectivity index (χ2v) is 7.42. The van der Waals surface area contributed by atoms with Crippen LogP contribution < -0.4 is 10.1 Å². The van der Waals surface area contributed by atoms with Crippen molar-refractivity contribution in [2.45, 2.75) is 13.3 Å². The molecule has 2 heterocycles. The molecular weight excluding hydrogens is 356 g/mol. The SMILES string of the molecule is Cc1ccc2c(c1)C=C(C(=O)Nc1ncc(Cc3ccccc3)s1)C=CO2. The molecule has 3 aromatic rings. The van der Waals surface area contributed by atoms with Crippen molar-refractivity contribution in [2.24, 2.45) is 0 Å². The van der Waals surface area contributed by atoms with Crippen LogP contribution in [0.5, 0.6) is 5.75 Å². The van der Waals surface area contributed by atoms with E-state index >= 15 is 0 Å². The van der Waals surface area contributed by atoms with Crippen molar-refractivity contribution in [1.82, 2.24) is 4.98 Å². The van der Waals surface area contributed by atoms with Gasteiger partial charge in [0.2, 0.25) is 0 Å². The van der Waals surface area contributed by atoms with Crippen molar-refractivity contribution in [3.8, 4) is 5.75 Å². The number of rotatable bonds is 4. The van der Waals surface area contributed by atoms with Gasteiger partial charge in [0.15, 0.2) is 5.13 Å². The Bertz CT molecular complexity index is 1040. The molecule has 4 nitrogen and oxygen atoms in total. The molecule has 27 heavy (non-hydrogen) atoms. The summed E-state index contributed by atoms with van der Waals surface area (Å²) in [7, 11) is 0. The number of benzene rings is 2. The summed E-state index contributed by atoms with van der Waals surface area (Å²) in [5.74, 6) is 0.531. The topological polar surface area (TPSA) is 51.2 Å². The highest BCUT2D eigenvalue weighted by Gasteiger charge is 2.14. The zero-order chi connectivity index (χ0) is 18.6. The molecule has 1 aliphatic rings. The molecule has 0 bridgehead atoms. The average Bonchev–Trinajstić information content (AvgIpc) is 2.98. The van der Waals surface area contributed by atoms with E-state index in [1.807, 2.05) is 55.6 Å². The molecule has 5 heteroatoms. The average molecular weight is 374 g/mol. The fraction of sp³-hybridized carbons (Fsp3) is 0.0909. The van der Waals surface area contributed by atoms with E-state index in [-0.39, 0.29) is 5.91 Å². The van der Waals surface area contributed by atoms with Crippen molar-refractivity contribution in [3.63, 3.8) is 0 Å². The second-order valence-electron chi connectivity index (χ2n) is 6.31. The van der Waals surface area contributed by atoms with E-state index in [1.165, 1.54) is 23.2 Å². The zero-order valence-corrected chi connectivity index (χ0v) is 15.6. The Kier molecular flexibility index (Phi) is 4.85. The third-order valence-corrected chi connectivity index (χ3v) is 5.09. The highest BCUT2D eigenvalue weighted by atomic mass is 32.1. The Labute approximate surface area is 161 Å². The molecule has 0 unspecified atom stereocenters. The fourth-order valence-electron chi connectivity index (χ4n) is 2.84. The van der Waals surface area contributed by atoms with Gasteiger partial charge in [-0.1, -0.05) is 42.0 Å². The lowest BCUT2D eigenvalue weighted by Crippen LogP contribution is -2.12. The van der Waals surface area contributed by atoms with Gasteiger partial charge in [-0.3, -0.25) is 10.1 Å². The molecule has 0 saturated carbocycles. The monoisotopic (exact) mass is 374 g/mol. The predicted molar refractivity (Wildman–Crippen MR) is 109 cm³/mol. The number of nitrogens with one attached hydrogen (secondary N) is 1. The summed E-state index contributed by atoms with van der Waals surface area (Å²) in [5.41, 5.74) is 3.74. The summed E-state index contributed by atoms with van der Waals surface area (Å²) >= 11 is 1.49. The van der Waals surface area contributed by atoms with Gasteiger partial charge in [0.1, 0.15) is 5.75 Å². The van der Waals surface area contributed by atoms with E-state index in [4.69, 9.17) is 4.74 Å². The molecule has 0 aliphatic carbocycles. The molecule has 0 radical (unpaired) electrons. The normalized spacial score (nSPS) is 12.6. The highest BCUT2D eigenvalue weighted by molar-refractivity contribution is 7.15. The molecule has 2 aromatic carbocycles. The third-order valence-electron chi connectivity index (χ3n) is 4.18. The third kappa shape index (κ3) is 4.15. The smallest absolute Gasteiger partial charge is 0.257 e. The maximum absolute atomic E-state index is 12.7. The summed E-state index contributed by atoms with van der Waals surface area (Å²) in [4.78, 5) is 18.1. The molecule has 1 N–H and O–H groups in total. The molecule has 4 rings (SSSR count). The standard InChI is InChI=1S/C22H18N2O2S/c1-15-7-8-20-18(11-15)13-17(9-10-26-20)21(25)24-22-23-14-19(27-22)12-16-5-3-2-4-6-16/h2-11,13-14H,12H2,1H3,(H,23,24,25). The minimum absolute atomic E-state index is 0.204. The Morgan fingerprint density at radius 2 is 2.04 bits per heavy atom. The molecule has 0 spiro atoms. The van der Waals surface area contributed by atoms with E-state index in [9.17, 15) is 4.79 Å². The van der Waals surface area contributed by atoms with Gasteiger partial charge in [-0.2, -0.15) is 0 Å². The van der Waals surface area contributed by atoms with Crippen LogP contribution >= 0.6 is 11.3 Å². The Morgan fingerprint density at radius 1 is 1.19 bits per heavy atom. The van der Waals surface area contributed by atoms with Crippen molar-refractivity contribution >= 4 is 28.5 Å². The highest BCUT2D eigenvalue weighted by Crippen LogP contribution is 2.27. The van der Waals surface area contributed by atoms with Gasteiger partial charge >= 0.3 is 0 Å². The molecule has 1 amide bonds. The number of aryl methyl sites for hydroxylation is 1. The van der Waals surface area contributed by atoms with Gasteiger partial charge < -0.3 is 4.74 Å². The van der Waals surface area contributed by atoms with Crippen LogP contribution in [-0.4, -0.2) is 10.9 Å². The van der Waals surface area contributed by atoms with Crippen molar-refractivity contribution in [3.05, 3.63) is 94.2 Å². The number of amides is 1. The van der Waals surface area contributed by atoms with Crippen LogP contribution in [0.2, 0.25) is 0 Å². The number of hydrogen-bond acceptors (Lipinski definition) is 4.